The highest BCUT2D eigenvalue weighted by atomic mass is 14.9. The fourth-order valence-corrected chi connectivity index (χ4v) is 2.30. The molecule has 0 radical (unpaired) electrons. The zero-order valence-electron chi connectivity index (χ0n) is 10.6. The minimum atomic E-state index is 0.966. The van der Waals surface area contributed by atoms with Crippen molar-refractivity contribution in [2.24, 2.45) is 0 Å². The van der Waals surface area contributed by atoms with Crippen LogP contribution in [0.25, 0.3) is 0 Å². The monoisotopic (exact) mass is 230 g/mol. The summed E-state index contributed by atoms with van der Waals surface area (Å²) in [5.41, 5.74) is 4.25. The number of para-hydroxylation sites is 1. The average Bonchev–Trinajstić information content (AvgIpc) is 2.39. The first-order chi connectivity index (χ1) is 8.42. The maximum atomic E-state index is 3.53. The molecule has 0 saturated carbocycles. The molecular weight excluding hydrogens is 208 g/mol. The summed E-state index contributed by atoms with van der Waals surface area (Å²) in [6, 6.07) is 6.64. The quantitative estimate of drug-likeness (QED) is 0.600. The van der Waals surface area contributed by atoms with E-state index in [1.807, 2.05) is 0 Å². The second-order valence-electron chi connectivity index (χ2n) is 4.52. The molecule has 2 rings (SSSR count). The zero-order valence-corrected chi connectivity index (χ0v) is 10.6. The van der Waals surface area contributed by atoms with E-state index in [0.717, 1.165) is 26.1 Å². The maximum Gasteiger partial charge on any atom is 0.0418 e. The van der Waals surface area contributed by atoms with Crippen molar-refractivity contribution in [1.82, 2.24) is 5.32 Å². The molecule has 1 heterocycles. The molecule has 1 aromatic rings. The number of fused-ring (bicyclic) bond motifs is 1. The van der Waals surface area contributed by atoms with Crippen molar-refractivity contribution in [3.05, 3.63) is 41.5 Å². The van der Waals surface area contributed by atoms with Gasteiger partial charge < -0.3 is 10.6 Å². The number of allylic oxidation sites excluding steroid dienone is 1. The van der Waals surface area contributed by atoms with Crippen molar-refractivity contribution in [3.63, 3.8) is 0 Å². The molecule has 2 N–H and O–H groups in total. The van der Waals surface area contributed by atoms with Gasteiger partial charge in [-0.1, -0.05) is 30.4 Å². The smallest absolute Gasteiger partial charge is 0.0418 e. The lowest BCUT2D eigenvalue weighted by Gasteiger charge is -2.21. The number of nitrogens with one attached hydrogen (secondary N) is 2. The summed E-state index contributed by atoms with van der Waals surface area (Å²) in [5, 5.41) is 7.02. The van der Waals surface area contributed by atoms with Crippen LogP contribution in [0.1, 0.15) is 30.9 Å². The highest BCUT2D eigenvalue weighted by Crippen LogP contribution is 2.25. The van der Waals surface area contributed by atoms with E-state index in [1.165, 1.54) is 29.7 Å². The van der Waals surface area contributed by atoms with Crippen LogP contribution in [0.3, 0.4) is 0 Å². The van der Waals surface area contributed by atoms with Crippen LogP contribution >= 0.6 is 0 Å². The van der Waals surface area contributed by atoms with Gasteiger partial charge in [0.05, 0.1) is 0 Å². The third-order valence-electron chi connectivity index (χ3n) is 3.20. The minimum absolute atomic E-state index is 0.966. The van der Waals surface area contributed by atoms with Crippen molar-refractivity contribution in [3.8, 4) is 0 Å². The molecule has 1 aliphatic rings. The van der Waals surface area contributed by atoms with Gasteiger partial charge >= 0.3 is 0 Å². The second kappa shape index (κ2) is 6.45. The van der Waals surface area contributed by atoms with Gasteiger partial charge in [-0.05, 0) is 43.9 Å². The molecule has 1 aromatic carbocycles. The third kappa shape index (κ3) is 3.34. The number of rotatable bonds is 5. The first-order valence-corrected chi connectivity index (χ1v) is 6.58. The minimum Gasteiger partial charge on any atom is -0.385 e. The Morgan fingerprint density at radius 3 is 3.24 bits per heavy atom. The van der Waals surface area contributed by atoms with Crippen LogP contribution in [0.15, 0.2) is 30.4 Å². The molecule has 0 amide bonds. The van der Waals surface area contributed by atoms with Crippen molar-refractivity contribution >= 4 is 5.69 Å². The number of hydrogen-bond donors (Lipinski definition) is 2. The van der Waals surface area contributed by atoms with E-state index in [0.29, 0.717) is 0 Å². The Balaban J connectivity index is 1.92. The summed E-state index contributed by atoms with van der Waals surface area (Å²) < 4.78 is 0. The largest absolute Gasteiger partial charge is 0.385 e. The Morgan fingerprint density at radius 2 is 2.35 bits per heavy atom. The van der Waals surface area contributed by atoms with Crippen molar-refractivity contribution < 1.29 is 0 Å². The molecule has 0 aliphatic carbocycles. The summed E-state index contributed by atoms with van der Waals surface area (Å²) in [4.78, 5) is 0. The lowest BCUT2D eigenvalue weighted by atomic mass is 9.99. The highest BCUT2D eigenvalue weighted by molar-refractivity contribution is 5.59. The predicted octanol–water partition coefficient (Wildman–Crippen LogP) is 3.10. The van der Waals surface area contributed by atoms with Gasteiger partial charge in [0.2, 0.25) is 0 Å². The fraction of sp³-hybridized carbons (Fsp3) is 0.467. The summed E-state index contributed by atoms with van der Waals surface area (Å²) in [5.74, 6) is 0. The van der Waals surface area contributed by atoms with Crippen molar-refractivity contribution in [2.75, 3.05) is 18.4 Å². The summed E-state index contributed by atoms with van der Waals surface area (Å²) in [7, 11) is 0. The van der Waals surface area contributed by atoms with Gasteiger partial charge in [-0.3, -0.25) is 0 Å². The zero-order chi connectivity index (χ0) is 11.9. The van der Waals surface area contributed by atoms with Gasteiger partial charge in [0.1, 0.15) is 0 Å². The Morgan fingerprint density at radius 1 is 1.41 bits per heavy atom. The van der Waals surface area contributed by atoms with Crippen LogP contribution in [-0.2, 0) is 13.0 Å². The number of anilines is 1. The van der Waals surface area contributed by atoms with E-state index < -0.39 is 0 Å². The molecule has 0 saturated heterocycles. The number of hydrogen-bond acceptors (Lipinski definition) is 2. The summed E-state index contributed by atoms with van der Waals surface area (Å²) in [6.45, 7) is 5.20. The molecule has 0 unspecified atom stereocenters. The molecule has 0 bridgehead atoms. The molecule has 2 nitrogen and oxygen atoms in total. The van der Waals surface area contributed by atoms with Crippen molar-refractivity contribution in [2.45, 2.75) is 32.7 Å². The molecule has 0 aromatic heterocycles. The standard InChI is InChI=1S/C15H22N2/c1-2-3-4-10-16-12-14-8-5-7-13-9-6-11-17-15(13)14/h2-3,5,7-8,16-17H,4,6,9-12H2,1H3/b3-2+. The van der Waals surface area contributed by atoms with Gasteiger partial charge in [0, 0.05) is 18.8 Å². The highest BCUT2D eigenvalue weighted by Gasteiger charge is 2.11. The Bertz CT molecular complexity index is 383. The lowest BCUT2D eigenvalue weighted by Crippen LogP contribution is -2.18. The van der Waals surface area contributed by atoms with Crippen LogP contribution < -0.4 is 10.6 Å². The van der Waals surface area contributed by atoms with E-state index in [4.69, 9.17) is 0 Å². The van der Waals surface area contributed by atoms with Gasteiger partial charge in [-0.15, -0.1) is 0 Å². The molecule has 17 heavy (non-hydrogen) atoms. The average molecular weight is 230 g/mol. The predicted molar refractivity (Wildman–Crippen MR) is 74.4 cm³/mol. The topological polar surface area (TPSA) is 24.1 Å². The van der Waals surface area contributed by atoms with E-state index in [9.17, 15) is 0 Å². The lowest BCUT2D eigenvalue weighted by molar-refractivity contribution is 0.692. The van der Waals surface area contributed by atoms with E-state index in [-0.39, 0.29) is 0 Å². The van der Waals surface area contributed by atoms with Gasteiger partial charge in [-0.25, -0.2) is 0 Å². The molecule has 1 aliphatic heterocycles. The van der Waals surface area contributed by atoms with E-state index in [2.05, 4.69) is 47.9 Å². The molecule has 92 valence electrons. The van der Waals surface area contributed by atoms with Crippen LogP contribution in [0.4, 0.5) is 5.69 Å². The molecule has 2 heteroatoms. The number of aryl methyl sites for hydroxylation is 1. The Kier molecular flexibility index (Phi) is 4.63. The van der Waals surface area contributed by atoms with Crippen LogP contribution in [0, 0.1) is 0 Å². The fourth-order valence-electron chi connectivity index (χ4n) is 2.30. The van der Waals surface area contributed by atoms with Gasteiger partial charge in [0.25, 0.3) is 0 Å². The Hall–Kier alpha value is -1.28. The van der Waals surface area contributed by atoms with E-state index in [1.54, 1.807) is 0 Å². The van der Waals surface area contributed by atoms with Crippen LogP contribution in [-0.4, -0.2) is 13.1 Å². The van der Waals surface area contributed by atoms with Gasteiger partial charge in [-0.2, -0.15) is 0 Å². The van der Waals surface area contributed by atoms with Crippen LogP contribution in [0.2, 0.25) is 0 Å². The first-order valence-electron chi connectivity index (χ1n) is 6.58. The first kappa shape index (κ1) is 12.2. The molecule has 0 spiro atoms. The van der Waals surface area contributed by atoms with Crippen molar-refractivity contribution in [1.29, 1.82) is 0 Å². The van der Waals surface area contributed by atoms with Gasteiger partial charge in [0.15, 0.2) is 0 Å². The molecule has 0 atom stereocenters. The summed E-state index contributed by atoms with van der Waals surface area (Å²) >= 11 is 0. The Labute approximate surface area is 104 Å². The summed E-state index contributed by atoms with van der Waals surface area (Å²) in [6.07, 6.45) is 7.89. The SMILES string of the molecule is C/C=C/CCNCc1cccc2c1NCCC2. The second-order valence-corrected chi connectivity index (χ2v) is 4.52. The molecule has 0 fully saturated rings. The third-order valence-corrected chi connectivity index (χ3v) is 3.20. The van der Waals surface area contributed by atoms with Crippen LogP contribution in [0.5, 0.6) is 0 Å². The number of benzene rings is 1. The molecular formula is C15H22N2. The van der Waals surface area contributed by atoms with E-state index >= 15 is 0 Å². The maximum absolute atomic E-state index is 3.53. The normalized spacial score (nSPS) is 14.6.